The van der Waals surface area contributed by atoms with Crippen LogP contribution in [0.1, 0.15) is 18.0 Å². The molecule has 0 spiro atoms. The molecule has 112 valence electrons. The molecule has 0 amide bonds. The smallest absolute Gasteiger partial charge is 0.159 e. The Morgan fingerprint density at radius 2 is 1.77 bits per heavy atom. The van der Waals surface area contributed by atoms with Gasteiger partial charge >= 0.3 is 0 Å². The van der Waals surface area contributed by atoms with Crippen molar-refractivity contribution in [2.24, 2.45) is 0 Å². The molecule has 0 radical (unpaired) electrons. The number of halogens is 1. The van der Waals surface area contributed by atoms with Gasteiger partial charge in [-0.1, -0.05) is 23.7 Å². The van der Waals surface area contributed by atoms with Gasteiger partial charge in [0.2, 0.25) is 0 Å². The van der Waals surface area contributed by atoms with E-state index in [1.165, 1.54) is 0 Å². The lowest BCUT2D eigenvalue weighted by Gasteiger charge is -2.33. The van der Waals surface area contributed by atoms with Crippen LogP contribution in [0.3, 0.4) is 0 Å². The number of anilines is 1. The minimum Gasteiger partial charge on any atom is -0.497 e. The molecule has 0 saturated carbocycles. The van der Waals surface area contributed by atoms with Crippen molar-refractivity contribution < 1.29 is 9.53 Å². The van der Waals surface area contributed by atoms with Gasteiger partial charge in [0.05, 0.1) is 13.2 Å². The second-order valence-electron chi connectivity index (χ2n) is 5.16. The lowest BCUT2D eigenvalue weighted by molar-refractivity contribution is -0.115. The Labute approximate surface area is 134 Å². The molecular weight excluding hydrogens is 298 g/mol. The highest BCUT2D eigenvalue weighted by Crippen LogP contribution is 2.34. The van der Waals surface area contributed by atoms with Gasteiger partial charge in [-0.2, -0.15) is 0 Å². The first-order valence-electron chi connectivity index (χ1n) is 7.06. The molecule has 1 aliphatic rings. The minimum absolute atomic E-state index is 0.0249. The third kappa shape index (κ3) is 3.00. The predicted molar refractivity (Wildman–Crippen MR) is 88.4 cm³/mol. The van der Waals surface area contributed by atoms with Gasteiger partial charge in [0.15, 0.2) is 5.78 Å². The SMILES string of the molecule is COc1ccc(N2C=CC(=O)CC2c2ccc(Cl)cc2)cc1. The van der Waals surface area contributed by atoms with Gasteiger partial charge in [0, 0.05) is 23.3 Å². The van der Waals surface area contributed by atoms with E-state index < -0.39 is 0 Å². The van der Waals surface area contributed by atoms with Crippen molar-refractivity contribution in [3.8, 4) is 5.75 Å². The van der Waals surface area contributed by atoms with E-state index in [0.717, 1.165) is 17.0 Å². The largest absolute Gasteiger partial charge is 0.497 e. The number of hydrogen-bond acceptors (Lipinski definition) is 3. The fourth-order valence-corrected chi connectivity index (χ4v) is 2.73. The maximum atomic E-state index is 11.8. The highest BCUT2D eigenvalue weighted by atomic mass is 35.5. The van der Waals surface area contributed by atoms with E-state index in [4.69, 9.17) is 16.3 Å². The Balaban J connectivity index is 1.96. The molecule has 3 nitrogen and oxygen atoms in total. The fourth-order valence-electron chi connectivity index (χ4n) is 2.61. The van der Waals surface area contributed by atoms with Crippen LogP contribution >= 0.6 is 11.6 Å². The third-order valence-electron chi connectivity index (χ3n) is 3.78. The Hall–Kier alpha value is -2.26. The van der Waals surface area contributed by atoms with Crippen LogP contribution < -0.4 is 9.64 Å². The van der Waals surface area contributed by atoms with Crippen molar-refractivity contribution in [2.45, 2.75) is 12.5 Å². The topological polar surface area (TPSA) is 29.5 Å². The summed E-state index contributed by atoms with van der Waals surface area (Å²) < 4.78 is 5.19. The number of carbonyl (C=O) groups excluding carboxylic acids is 1. The Morgan fingerprint density at radius 3 is 2.41 bits per heavy atom. The second-order valence-corrected chi connectivity index (χ2v) is 5.60. The second kappa shape index (κ2) is 6.24. The summed E-state index contributed by atoms with van der Waals surface area (Å²) in [4.78, 5) is 13.9. The maximum Gasteiger partial charge on any atom is 0.159 e. The molecule has 0 saturated heterocycles. The molecule has 1 unspecified atom stereocenters. The maximum absolute atomic E-state index is 11.8. The summed E-state index contributed by atoms with van der Waals surface area (Å²) in [6, 6.07) is 15.4. The lowest BCUT2D eigenvalue weighted by atomic mass is 9.96. The standard InChI is InChI=1S/C18H16ClNO2/c1-22-17-8-6-15(7-9-17)20-11-10-16(21)12-18(20)13-2-4-14(19)5-3-13/h2-11,18H,12H2,1H3. The molecule has 22 heavy (non-hydrogen) atoms. The number of rotatable bonds is 3. The summed E-state index contributed by atoms with van der Waals surface area (Å²) in [5.41, 5.74) is 2.09. The Morgan fingerprint density at radius 1 is 1.09 bits per heavy atom. The zero-order valence-corrected chi connectivity index (χ0v) is 13.0. The molecule has 0 aromatic heterocycles. The fraction of sp³-hybridized carbons (Fsp3) is 0.167. The summed E-state index contributed by atoms with van der Waals surface area (Å²) in [6.07, 6.45) is 3.91. The highest BCUT2D eigenvalue weighted by molar-refractivity contribution is 6.30. The molecule has 1 atom stereocenters. The van der Waals surface area contributed by atoms with E-state index in [9.17, 15) is 4.79 Å². The number of ketones is 1. The van der Waals surface area contributed by atoms with Gasteiger partial charge in [-0.3, -0.25) is 4.79 Å². The first-order chi connectivity index (χ1) is 10.7. The van der Waals surface area contributed by atoms with Crippen molar-refractivity contribution in [1.82, 2.24) is 0 Å². The van der Waals surface area contributed by atoms with Crippen molar-refractivity contribution in [3.05, 3.63) is 71.4 Å². The van der Waals surface area contributed by atoms with Crippen LogP contribution in [-0.4, -0.2) is 12.9 Å². The number of ether oxygens (including phenoxy) is 1. The number of carbonyl (C=O) groups is 1. The molecule has 0 bridgehead atoms. The molecular formula is C18H16ClNO2. The zero-order chi connectivity index (χ0) is 15.5. The van der Waals surface area contributed by atoms with E-state index in [1.54, 1.807) is 13.2 Å². The number of nitrogens with zero attached hydrogens (tertiary/aromatic N) is 1. The predicted octanol–water partition coefficient (Wildman–Crippen LogP) is 4.38. The van der Waals surface area contributed by atoms with Gasteiger partial charge in [-0.25, -0.2) is 0 Å². The number of hydrogen-bond donors (Lipinski definition) is 0. The molecule has 0 aliphatic carbocycles. The molecule has 0 fully saturated rings. The summed E-state index contributed by atoms with van der Waals surface area (Å²) in [6.45, 7) is 0. The number of methoxy groups -OCH3 is 1. The summed E-state index contributed by atoms with van der Waals surface area (Å²) in [7, 11) is 1.64. The Kier molecular flexibility index (Phi) is 4.16. The zero-order valence-electron chi connectivity index (χ0n) is 12.2. The quantitative estimate of drug-likeness (QED) is 0.842. The van der Waals surface area contributed by atoms with E-state index in [1.807, 2.05) is 54.7 Å². The van der Waals surface area contributed by atoms with Gasteiger partial charge < -0.3 is 9.64 Å². The van der Waals surface area contributed by atoms with E-state index >= 15 is 0 Å². The van der Waals surface area contributed by atoms with E-state index in [-0.39, 0.29) is 11.8 Å². The van der Waals surface area contributed by atoms with Gasteiger partial charge in [-0.15, -0.1) is 0 Å². The first-order valence-corrected chi connectivity index (χ1v) is 7.44. The number of allylic oxidation sites excluding steroid dienone is 1. The van der Waals surface area contributed by atoms with Gasteiger partial charge in [0.1, 0.15) is 5.75 Å². The van der Waals surface area contributed by atoms with Crippen LogP contribution in [0.2, 0.25) is 5.02 Å². The highest BCUT2D eigenvalue weighted by Gasteiger charge is 2.25. The normalized spacial score (nSPS) is 17.6. The van der Waals surface area contributed by atoms with Crippen LogP contribution in [0.5, 0.6) is 5.75 Å². The lowest BCUT2D eigenvalue weighted by Crippen LogP contribution is -2.28. The summed E-state index contributed by atoms with van der Waals surface area (Å²) in [5.74, 6) is 0.938. The van der Waals surface area contributed by atoms with Crippen LogP contribution in [0.25, 0.3) is 0 Å². The summed E-state index contributed by atoms with van der Waals surface area (Å²) >= 11 is 5.96. The third-order valence-corrected chi connectivity index (χ3v) is 4.03. The van der Waals surface area contributed by atoms with Gasteiger partial charge in [0.25, 0.3) is 0 Å². The molecule has 2 aromatic carbocycles. The average molecular weight is 314 g/mol. The van der Waals surface area contributed by atoms with Gasteiger partial charge in [-0.05, 0) is 48.0 Å². The van der Waals surface area contributed by atoms with E-state index in [0.29, 0.717) is 11.4 Å². The molecule has 2 aromatic rings. The molecule has 0 N–H and O–H groups in total. The van der Waals surface area contributed by atoms with Crippen molar-refractivity contribution in [3.63, 3.8) is 0 Å². The molecule has 4 heteroatoms. The van der Waals surface area contributed by atoms with Crippen LogP contribution in [-0.2, 0) is 4.79 Å². The van der Waals surface area contributed by atoms with Crippen molar-refractivity contribution in [1.29, 1.82) is 0 Å². The van der Waals surface area contributed by atoms with Crippen LogP contribution in [0, 0.1) is 0 Å². The van der Waals surface area contributed by atoms with E-state index in [2.05, 4.69) is 4.90 Å². The van der Waals surface area contributed by atoms with Crippen molar-refractivity contribution in [2.75, 3.05) is 12.0 Å². The monoisotopic (exact) mass is 313 g/mol. The Bertz CT molecular complexity index is 692. The van der Waals surface area contributed by atoms with Crippen LogP contribution in [0.4, 0.5) is 5.69 Å². The molecule has 1 heterocycles. The van der Waals surface area contributed by atoms with Crippen molar-refractivity contribution >= 4 is 23.1 Å². The number of benzene rings is 2. The first kappa shape index (κ1) is 14.7. The minimum atomic E-state index is -0.0249. The summed E-state index contributed by atoms with van der Waals surface area (Å²) in [5, 5.41) is 0.692. The average Bonchev–Trinajstić information content (AvgIpc) is 2.56. The molecule has 1 aliphatic heterocycles. The van der Waals surface area contributed by atoms with Crippen LogP contribution in [0.15, 0.2) is 60.8 Å². The molecule has 3 rings (SSSR count).